The summed E-state index contributed by atoms with van der Waals surface area (Å²) in [6.07, 6.45) is 3.18. The second kappa shape index (κ2) is 5.26. The number of aryl methyl sites for hydroxylation is 1. The highest BCUT2D eigenvalue weighted by Gasteiger charge is 2.42. The van der Waals surface area contributed by atoms with E-state index in [0.29, 0.717) is 37.3 Å². The third kappa shape index (κ3) is 2.13. The summed E-state index contributed by atoms with van der Waals surface area (Å²) in [4.78, 5) is 20.2. The summed E-state index contributed by atoms with van der Waals surface area (Å²) in [6, 6.07) is -0.285. The molecular weight excluding hydrogens is 298 g/mol. The van der Waals surface area contributed by atoms with Crippen molar-refractivity contribution in [3.8, 4) is 0 Å². The van der Waals surface area contributed by atoms with Gasteiger partial charge in [-0.15, -0.1) is 0 Å². The molecule has 8 heteroatoms. The first-order chi connectivity index (χ1) is 11.1. The van der Waals surface area contributed by atoms with E-state index in [1.807, 2.05) is 10.8 Å². The molecule has 2 aromatic rings. The van der Waals surface area contributed by atoms with Crippen LogP contribution in [0.25, 0.3) is 11.0 Å². The van der Waals surface area contributed by atoms with Crippen LogP contribution >= 0.6 is 0 Å². The summed E-state index contributed by atoms with van der Waals surface area (Å²) in [5, 5.41) is 24.1. The summed E-state index contributed by atoms with van der Waals surface area (Å²) in [7, 11) is 0. The van der Waals surface area contributed by atoms with Crippen molar-refractivity contribution in [3.63, 3.8) is 0 Å². The highest BCUT2D eigenvalue weighted by molar-refractivity contribution is 6.02. The van der Waals surface area contributed by atoms with Crippen molar-refractivity contribution in [2.45, 2.75) is 37.5 Å². The molecule has 0 saturated heterocycles. The van der Waals surface area contributed by atoms with E-state index in [2.05, 4.69) is 15.3 Å². The van der Waals surface area contributed by atoms with E-state index in [9.17, 15) is 15.0 Å². The Kier molecular flexibility index (Phi) is 3.33. The van der Waals surface area contributed by atoms with Gasteiger partial charge in [-0.05, 0) is 24.9 Å². The van der Waals surface area contributed by atoms with Crippen LogP contribution in [0.5, 0.6) is 0 Å². The number of nitrogens with one attached hydrogen (secondary N) is 1. The van der Waals surface area contributed by atoms with Gasteiger partial charge in [0.25, 0.3) is 0 Å². The Bertz CT molecular complexity index is 774. The molecule has 4 rings (SSSR count). The fraction of sp³-hybridized carbons (Fsp3) is 0.533. The van der Waals surface area contributed by atoms with Gasteiger partial charge in [0.1, 0.15) is 23.9 Å². The van der Waals surface area contributed by atoms with Crippen molar-refractivity contribution in [1.82, 2.24) is 14.5 Å². The monoisotopic (exact) mass is 317 g/mol. The lowest BCUT2D eigenvalue weighted by Gasteiger charge is -2.19. The Labute approximate surface area is 132 Å². The fourth-order valence-electron chi connectivity index (χ4n) is 3.75. The van der Waals surface area contributed by atoms with E-state index in [4.69, 9.17) is 5.73 Å². The lowest BCUT2D eigenvalue weighted by molar-refractivity contribution is -0.116. The molecule has 122 valence electrons. The van der Waals surface area contributed by atoms with Crippen molar-refractivity contribution in [1.29, 1.82) is 0 Å². The van der Waals surface area contributed by atoms with Crippen LogP contribution in [-0.2, 0) is 11.2 Å². The van der Waals surface area contributed by atoms with E-state index >= 15 is 0 Å². The number of rotatable bonds is 2. The number of aliphatic hydroxyl groups is 2. The molecule has 1 fully saturated rings. The smallest absolute Gasteiger partial charge is 0.225 e. The number of carbonyl (C=O) groups is 1. The molecule has 1 aliphatic carbocycles. The number of nitrogens with two attached hydrogens (primary N) is 1. The Morgan fingerprint density at radius 3 is 2.87 bits per heavy atom. The van der Waals surface area contributed by atoms with Gasteiger partial charge < -0.3 is 25.8 Å². The molecule has 0 spiro atoms. The standard InChI is InChI=1S/C15H19N5O3/c16-4-8-3-9(13(23)12(8)22)20-5-7-1-2-10(21)19-14-11(7)15(20)18-6-17-14/h5-6,8-9,12-13,22-23H,1-4,16H2,(H,17,18,19,21)/t8-,9-,12-,13+/m1/s1. The molecule has 4 atom stereocenters. The van der Waals surface area contributed by atoms with Crippen LogP contribution in [-0.4, -0.2) is 49.4 Å². The van der Waals surface area contributed by atoms with Gasteiger partial charge in [-0.3, -0.25) is 4.79 Å². The first kappa shape index (κ1) is 14.6. The van der Waals surface area contributed by atoms with Gasteiger partial charge in [0, 0.05) is 18.5 Å². The zero-order valence-corrected chi connectivity index (χ0v) is 12.5. The maximum atomic E-state index is 11.7. The van der Waals surface area contributed by atoms with Crippen molar-refractivity contribution >= 4 is 22.8 Å². The van der Waals surface area contributed by atoms with Gasteiger partial charge in [0.05, 0.1) is 17.5 Å². The van der Waals surface area contributed by atoms with Crippen LogP contribution in [0, 0.1) is 5.92 Å². The van der Waals surface area contributed by atoms with E-state index < -0.39 is 12.2 Å². The third-order valence-electron chi connectivity index (χ3n) is 5.00. The van der Waals surface area contributed by atoms with Crippen molar-refractivity contribution in [2.75, 3.05) is 11.9 Å². The van der Waals surface area contributed by atoms with Crippen LogP contribution in [0.15, 0.2) is 12.5 Å². The average Bonchev–Trinajstić information content (AvgIpc) is 2.99. The van der Waals surface area contributed by atoms with Crippen molar-refractivity contribution in [2.24, 2.45) is 11.7 Å². The maximum Gasteiger partial charge on any atom is 0.225 e. The minimum absolute atomic E-state index is 0.0627. The number of amides is 1. The Balaban J connectivity index is 1.84. The predicted molar refractivity (Wildman–Crippen MR) is 82.7 cm³/mol. The third-order valence-corrected chi connectivity index (χ3v) is 5.00. The Morgan fingerprint density at radius 2 is 2.13 bits per heavy atom. The molecule has 1 amide bonds. The van der Waals surface area contributed by atoms with E-state index in [1.54, 1.807) is 0 Å². The summed E-state index contributed by atoms with van der Waals surface area (Å²) in [6.45, 7) is 0.330. The average molecular weight is 317 g/mol. The number of aromatic nitrogens is 3. The van der Waals surface area contributed by atoms with Crippen LogP contribution in [0.3, 0.4) is 0 Å². The molecule has 5 N–H and O–H groups in total. The highest BCUT2D eigenvalue weighted by atomic mass is 16.3. The molecule has 1 saturated carbocycles. The summed E-state index contributed by atoms with van der Waals surface area (Å²) >= 11 is 0. The minimum atomic E-state index is -0.886. The van der Waals surface area contributed by atoms with Crippen LogP contribution < -0.4 is 11.1 Å². The number of anilines is 1. The molecular formula is C15H19N5O3. The fourth-order valence-corrected chi connectivity index (χ4v) is 3.75. The molecule has 8 nitrogen and oxygen atoms in total. The molecule has 1 aliphatic heterocycles. The van der Waals surface area contributed by atoms with Gasteiger partial charge in [0.15, 0.2) is 0 Å². The topological polar surface area (TPSA) is 126 Å². The molecule has 23 heavy (non-hydrogen) atoms. The van der Waals surface area contributed by atoms with Crippen LogP contribution in [0.4, 0.5) is 5.82 Å². The predicted octanol–water partition coefficient (Wildman–Crippen LogP) is -0.443. The molecule has 0 bridgehead atoms. The van der Waals surface area contributed by atoms with E-state index in [1.165, 1.54) is 6.33 Å². The lowest BCUT2D eigenvalue weighted by Crippen LogP contribution is -2.31. The largest absolute Gasteiger partial charge is 0.390 e. The summed E-state index contributed by atoms with van der Waals surface area (Å²) in [5.74, 6) is 0.312. The van der Waals surface area contributed by atoms with Gasteiger partial charge >= 0.3 is 0 Å². The quantitative estimate of drug-likeness (QED) is 0.595. The molecule has 3 heterocycles. The van der Waals surface area contributed by atoms with E-state index in [-0.39, 0.29) is 17.9 Å². The summed E-state index contributed by atoms with van der Waals surface area (Å²) < 4.78 is 1.90. The first-order valence-electron chi connectivity index (χ1n) is 7.80. The van der Waals surface area contributed by atoms with Crippen LogP contribution in [0.1, 0.15) is 24.4 Å². The zero-order chi connectivity index (χ0) is 16.1. The van der Waals surface area contributed by atoms with E-state index in [0.717, 1.165) is 10.9 Å². The number of hydrogen-bond donors (Lipinski definition) is 4. The SMILES string of the molecule is NC[C@H]1C[C@@H](n2cc3c4c(ncnc42)NC(=O)CC3)[C@H](O)[C@@H]1O. The van der Waals surface area contributed by atoms with Gasteiger partial charge in [-0.25, -0.2) is 9.97 Å². The second-order valence-electron chi connectivity index (χ2n) is 6.31. The summed E-state index contributed by atoms with van der Waals surface area (Å²) in [5.41, 5.74) is 7.33. The molecule has 0 aromatic carbocycles. The van der Waals surface area contributed by atoms with Crippen molar-refractivity contribution < 1.29 is 15.0 Å². The molecule has 2 aromatic heterocycles. The highest BCUT2D eigenvalue weighted by Crippen LogP contribution is 2.39. The molecule has 2 aliphatic rings. The van der Waals surface area contributed by atoms with Gasteiger partial charge in [-0.2, -0.15) is 0 Å². The number of hydrogen-bond acceptors (Lipinski definition) is 6. The number of nitrogens with zero attached hydrogens (tertiary/aromatic N) is 3. The Hall–Kier alpha value is -2.03. The number of carbonyl (C=O) groups excluding carboxylic acids is 1. The zero-order valence-electron chi connectivity index (χ0n) is 12.5. The maximum absolute atomic E-state index is 11.7. The molecule has 0 radical (unpaired) electrons. The van der Waals surface area contributed by atoms with Gasteiger partial charge in [0.2, 0.25) is 5.91 Å². The second-order valence-corrected chi connectivity index (χ2v) is 6.31. The minimum Gasteiger partial charge on any atom is -0.390 e. The Morgan fingerprint density at radius 1 is 1.30 bits per heavy atom. The van der Waals surface area contributed by atoms with Gasteiger partial charge in [-0.1, -0.05) is 0 Å². The number of aliphatic hydroxyl groups excluding tert-OH is 2. The van der Waals surface area contributed by atoms with Crippen LogP contribution in [0.2, 0.25) is 0 Å². The molecule has 0 unspecified atom stereocenters. The lowest BCUT2D eigenvalue weighted by atomic mass is 10.1. The van der Waals surface area contributed by atoms with Crippen molar-refractivity contribution in [3.05, 3.63) is 18.1 Å². The first-order valence-corrected chi connectivity index (χ1v) is 7.80. The normalized spacial score (nSPS) is 30.5.